The summed E-state index contributed by atoms with van der Waals surface area (Å²) in [5.41, 5.74) is 3.27. The van der Waals surface area contributed by atoms with Crippen molar-refractivity contribution in [2.45, 2.75) is 13.3 Å². The lowest BCUT2D eigenvalue weighted by atomic mass is 10.3. The Balaban J connectivity index is 1.56. The molecule has 1 amide bonds. The van der Waals surface area contributed by atoms with E-state index in [1.165, 1.54) is 12.5 Å². The lowest BCUT2D eigenvalue weighted by molar-refractivity contribution is 0.0766. The molecule has 0 N–H and O–H groups in total. The number of aryl methyl sites for hydroxylation is 1. The first-order valence-corrected chi connectivity index (χ1v) is 7.96. The first kappa shape index (κ1) is 14.7. The molecule has 0 aromatic carbocycles. The topological polar surface area (TPSA) is 79.8 Å². The number of anilines is 1. The van der Waals surface area contributed by atoms with Crippen LogP contribution in [0.15, 0.2) is 35.4 Å². The van der Waals surface area contributed by atoms with Crippen LogP contribution >= 0.6 is 0 Å². The highest BCUT2D eigenvalue weighted by Crippen LogP contribution is 2.22. The van der Waals surface area contributed by atoms with E-state index >= 15 is 0 Å². The number of rotatable bonds is 2. The van der Waals surface area contributed by atoms with Crippen molar-refractivity contribution in [3.63, 3.8) is 0 Å². The molecule has 0 atom stereocenters. The van der Waals surface area contributed by atoms with Crippen LogP contribution in [0.25, 0.3) is 5.65 Å². The van der Waals surface area contributed by atoms with Crippen molar-refractivity contribution in [1.82, 2.24) is 24.7 Å². The van der Waals surface area contributed by atoms with Gasteiger partial charge in [-0.2, -0.15) is 9.61 Å². The van der Waals surface area contributed by atoms with Gasteiger partial charge in [-0.15, -0.1) is 10.2 Å². The predicted octanol–water partition coefficient (Wildman–Crippen LogP) is 1.38. The van der Waals surface area contributed by atoms with Crippen LogP contribution in [0.5, 0.6) is 0 Å². The number of nitrogens with zero attached hydrogens (tertiary/aromatic N) is 6. The van der Waals surface area contributed by atoms with Crippen LogP contribution in [0.4, 0.5) is 5.69 Å². The zero-order valence-corrected chi connectivity index (χ0v) is 13.4. The third kappa shape index (κ3) is 2.60. The SMILES string of the molecule is Cc1cc(N2CCCN(C(=O)c3ccoc3)CC2)c2nncn2n1. The van der Waals surface area contributed by atoms with Gasteiger partial charge >= 0.3 is 0 Å². The maximum absolute atomic E-state index is 12.5. The minimum absolute atomic E-state index is 0.0177. The standard InChI is InChI=1S/C16H18N6O2/c1-12-9-14(15-18-17-11-22(15)19-12)20-4-2-5-21(7-6-20)16(23)13-3-8-24-10-13/h3,8-11H,2,4-7H2,1H3. The summed E-state index contributed by atoms with van der Waals surface area (Å²) in [5.74, 6) is 0.0177. The van der Waals surface area contributed by atoms with Gasteiger partial charge in [0.25, 0.3) is 5.91 Å². The van der Waals surface area contributed by atoms with Crippen molar-refractivity contribution in [3.8, 4) is 0 Å². The Bertz CT molecular complexity index is 857. The smallest absolute Gasteiger partial charge is 0.257 e. The van der Waals surface area contributed by atoms with Crippen LogP contribution in [0.1, 0.15) is 22.5 Å². The van der Waals surface area contributed by atoms with Gasteiger partial charge < -0.3 is 14.2 Å². The minimum atomic E-state index is 0.0177. The Morgan fingerprint density at radius 2 is 2.17 bits per heavy atom. The van der Waals surface area contributed by atoms with Gasteiger partial charge in [0.15, 0.2) is 0 Å². The van der Waals surface area contributed by atoms with E-state index in [1.54, 1.807) is 16.9 Å². The van der Waals surface area contributed by atoms with E-state index < -0.39 is 0 Å². The number of amides is 1. The lowest BCUT2D eigenvalue weighted by Crippen LogP contribution is -2.35. The molecule has 0 spiro atoms. The summed E-state index contributed by atoms with van der Waals surface area (Å²) in [5, 5.41) is 12.5. The second-order valence-corrected chi connectivity index (χ2v) is 5.91. The molecule has 4 rings (SSSR count). The van der Waals surface area contributed by atoms with Gasteiger partial charge in [-0.05, 0) is 25.5 Å². The lowest BCUT2D eigenvalue weighted by Gasteiger charge is -2.23. The molecule has 8 nitrogen and oxygen atoms in total. The Kier molecular flexibility index (Phi) is 3.64. The fraction of sp³-hybridized carbons (Fsp3) is 0.375. The van der Waals surface area contributed by atoms with E-state index in [4.69, 9.17) is 4.42 Å². The molecule has 8 heteroatoms. The second-order valence-electron chi connectivity index (χ2n) is 5.91. The number of furan rings is 1. The summed E-state index contributed by atoms with van der Waals surface area (Å²) < 4.78 is 6.72. The molecule has 124 valence electrons. The Morgan fingerprint density at radius 1 is 1.25 bits per heavy atom. The van der Waals surface area contributed by atoms with Crippen molar-refractivity contribution < 1.29 is 9.21 Å². The van der Waals surface area contributed by atoms with Crippen molar-refractivity contribution in [3.05, 3.63) is 42.2 Å². The van der Waals surface area contributed by atoms with Crippen molar-refractivity contribution in [2.75, 3.05) is 31.1 Å². The predicted molar refractivity (Wildman–Crippen MR) is 87.0 cm³/mol. The van der Waals surface area contributed by atoms with Gasteiger partial charge in [0.2, 0.25) is 5.65 Å². The maximum Gasteiger partial charge on any atom is 0.257 e. The normalized spacial score (nSPS) is 15.7. The average molecular weight is 326 g/mol. The summed E-state index contributed by atoms with van der Waals surface area (Å²) >= 11 is 0. The first-order valence-electron chi connectivity index (χ1n) is 7.96. The first-order chi connectivity index (χ1) is 11.7. The Morgan fingerprint density at radius 3 is 3.00 bits per heavy atom. The molecule has 3 aromatic rings. The molecule has 0 bridgehead atoms. The highest BCUT2D eigenvalue weighted by molar-refractivity contribution is 5.93. The van der Waals surface area contributed by atoms with E-state index in [9.17, 15) is 4.79 Å². The van der Waals surface area contributed by atoms with Crippen LogP contribution < -0.4 is 4.90 Å². The van der Waals surface area contributed by atoms with Crippen molar-refractivity contribution in [2.24, 2.45) is 0 Å². The van der Waals surface area contributed by atoms with Crippen molar-refractivity contribution >= 4 is 17.2 Å². The third-order valence-electron chi connectivity index (χ3n) is 4.26. The molecule has 0 saturated carbocycles. The molecule has 3 aromatic heterocycles. The van der Waals surface area contributed by atoms with E-state index in [0.717, 1.165) is 43.1 Å². The number of hydrogen-bond acceptors (Lipinski definition) is 6. The van der Waals surface area contributed by atoms with E-state index in [2.05, 4.69) is 20.2 Å². The zero-order valence-electron chi connectivity index (χ0n) is 13.4. The Hall–Kier alpha value is -2.90. The van der Waals surface area contributed by atoms with Gasteiger partial charge in [0, 0.05) is 26.2 Å². The zero-order chi connectivity index (χ0) is 16.5. The quantitative estimate of drug-likeness (QED) is 0.708. The van der Waals surface area contributed by atoms with Crippen LogP contribution in [-0.4, -0.2) is 56.8 Å². The molecule has 1 fully saturated rings. The molecule has 1 saturated heterocycles. The molecule has 1 aliphatic heterocycles. The minimum Gasteiger partial charge on any atom is -0.472 e. The molecular formula is C16H18N6O2. The summed E-state index contributed by atoms with van der Waals surface area (Å²) in [6, 6.07) is 3.73. The van der Waals surface area contributed by atoms with Gasteiger partial charge in [-0.1, -0.05) is 0 Å². The Labute approximate surface area is 138 Å². The van der Waals surface area contributed by atoms with Crippen molar-refractivity contribution in [1.29, 1.82) is 0 Å². The van der Waals surface area contributed by atoms with Crippen LogP contribution in [0.2, 0.25) is 0 Å². The van der Waals surface area contributed by atoms with Crippen LogP contribution in [0.3, 0.4) is 0 Å². The third-order valence-corrected chi connectivity index (χ3v) is 4.26. The van der Waals surface area contributed by atoms with E-state index in [-0.39, 0.29) is 5.91 Å². The average Bonchev–Trinajstić information content (AvgIpc) is 3.20. The number of hydrogen-bond donors (Lipinski definition) is 0. The molecule has 1 aliphatic rings. The van der Waals surface area contributed by atoms with Gasteiger partial charge in [0.1, 0.15) is 12.6 Å². The summed E-state index contributed by atoms with van der Waals surface area (Å²) in [6.07, 6.45) is 5.53. The fourth-order valence-corrected chi connectivity index (χ4v) is 3.10. The van der Waals surface area contributed by atoms with E-state index in [0.29, 0.717) is 12.1 Å². The molecule has 0 unspecified atom stereocenters. The number of aromatic nitrogens is 4. The summed E-state index contributed by atoms with van der Waals surface area (Å²) in [6.45, 7) is 4.95. The molecule has 0 radical (unpaired) electrons. The molecular weight excluding hydrogens is 308 g/mol. The number of fused-ring (bicyclic) bond motifs is 1. The van der Waals surface area contributed by atoms with Gasteiger partial charge in [0.05, 0.1) is 23.2 Å². The highest BCUT2D eigenvalue weighted by atomic mass is 16.3. The highest BCUT2D eigenvalue weighted by Gasteiger charge is 2.22. The molecule has 0 aliphatic carbocycles. The van der Waals surface area contributed by atoms with E-state index in [1.807, 2.05) is 17.9 Å². The van der Waals surface area contributed by atoms with Crippen LogP contribution in [-0.2, 0) is 0 Å². The second kappa shape index (κ2) is 5.95. The largest absolute Gasteiger partial charge is 0.472 e. The maximum atomic E-state index is 12.5. The summed E-state index contributed by atoms with van der Waals surface area (Å²) in [4.78, 5) is 16.6. The van der Waals surface area contributed by atoms with Crippen LogP contribution in [0, 0.1) is 6.92 Å². The van der Waals surface area contributed by atoms with Gasteiger partial charge in [-0.3, -0.25) is 4.79 Å². The van der Waals surface area contributed by atoms with Gasteiger partial charge in [-0.25, -0.2) is 0 Å². The number of carbonyl (C=O) groups excluding carboxylic acids is 1. The number of carbonyl (C=O) groups is 1. The molecule has 4 heterocycles. The molecule has 24 heavy (non-hydrogen) atoms. The fourth-order valence-electron chi connectivity index (χ4n) is 3.10. The monoisotopic (exact) mass is 326 g/mol. The summed E-state index contributed by atoms with van der Waals surface area (Å²) in [7, 11) is 0.